The molecule has 0 aliphatic carbocycles. The van der Waals surface area contributed by atoms with Crippen molar-refractivity contribution in [3.63, 3.8) is 0 Å². The normalized spacial score (nSPS) is 19.4. The quantitative estimate of drug-likeness (QED) is 0.231. The molecule has 2 aliphatic rings. The number of rotatable bonds is 7. The minimum atomic E-state index is -0.739. The third-order valence-corrected chi connectivity index (χ3v) is 10.7. The number of thioether (sulfide) groups is 1. The van der Waals surface area contributed by atoms with Crippen LogP contribution < -0.4 is 15.1 Å². The number of carbonyl (C=O) groups excluding carboxylic acids is 4. The van der Waals surface area contributed by atoms with Gasteiger partial charge in [-0.1, -0.05) is 46.9 Å². The Labute approximate surface area is 253 Å². The average molecular weight is 620 g/mol. The summed E-state index contributed by atoms with van der Waals surface area (Å²) in [4.78, 5) is 68.3. The number of hydrogen-bond donors (Lipinski definition) is 1. The Morgan fingerprint density at radius 3 is 2.38 bits per heavy atom. The van der Waals surface area contributed by atoms with Crippen LogP contribution in [0.5, 0.6) is 0 Å². The summed E-state index contributed by atoms with van der Waals surface area (Å²) in [5.41, 5.74) is 2.35. The van der Waals surface area contributed by atoms with Gasteiger partial charge in [0.1, 0.15) is 11.8 Å². The van der Waals surface area contributed by atoms with Gasteiger partial charge in [-0.05, 0) is 61.7 Å². The number of aromatic nitrogens is 1. The maximum atomic E-state index is 13.8. The van der Waals surface area contributed by atoms with E-state index in [4.69, 9.17) is 4.74 Å². The third kappa shape index (κ3) is 4.99. The summed E-state index contributed by atoms with van der Waals surface area (Å²) in [5.74, 6) is -2.66. The lowest BCUT2D eigenvalue weighted by Gasteiger charge is -2.29. The Morgan fingerprint density at radius 2 is 1.71 bits per heavy atom. The van der Waals surface area contributed by atoms with Crippen LogP contribution >= 0.6 is 34.4 Å². The molecule has 42 heavy (non-hydrogen) atoms. The molecule has 214 valence electrons. The smallest absolute Gasteiger partial charge is 0.338 e. The largest absolute Gasteiger partial charge is 0.462 e. The fourth-order valence-electron chi connectivity index (χ4n) is 5.23. The van der Waals surface area contributed by atoms with Crippen LogP contribution in [0.4, 0.5) is 11.4 Å². The Balaban J connectivity index is 1.30. The fraction of sp³-hybridized carbons (Fsp3) is 0.233. The van der Waals surface area contributed by atoms with Gasteiger partial charge < -0.3 is 10.1 Å². The lowest BCUT2D eigenvalue weighted by atomic mass is 9.87. The first-order valence-corrected chi connectivity index (χ1v) is 15.8. The number of anilines is 2. The second kappa shape index (κ2) is 11.3. The summed E-state index contributed by atoms with van der Waals surface area (Å²) in [6, 6.07) is 17.3. The number of imide groups is 1. The van der Waals surface area contributed by atoms with E-state index in [1.807, 2.05) is 36.6 Å². The Kier molecular flexibility index (Phi) is 7.60. The maximum absolute atomic E-state index is 13.8. The van der Waals surface area contributed by atoms with Crippen molar-refractivity contribution in [3.05, 3.63) is 96.6 Å². The molecule has 9 nitrogen and oxygen atoms in total. The number of carbonyl (C=O) groups is 4. The van der Waals surface area contributed by atoms with Gasteiger partial charge in [-0.25, -0.2) is 9.69 Å². The van der Waals surface area contributed by atoms with Crippen molar-refractivity contribution < 1.29 is 23.9 Å². The van der Waals surface area contributed by atoms with Crippen molar-refractivity contribution in [1.82, 2.24) is 4.57 Å². The molecule has 3 amide bonds. The monoisotopic (exact) mass is 619 g/mol. The number of amides is 3. The van der Waals surface area contributed by atoms with Crippen LogP contribution in [-0.4, -0.2) is 40.1 Å². The third-order valence-electron chi connectivity index (χ3n) is 7.17. The summed E-state index contributed by atoms with van der Waals surface area (Å²) in [7, 11) is 0. The molecule has 0 spiro atoms. The highest BCUT2D eigenvalue weighted by atomic mass is 32.2. The molecule has 0 radical (unpaired) electrons. The Bertz CT molecular complexity index is 1740. The summed E-state index contributed by atoms with van der Waals surface area (Å²) >= 11 is 3.67. The summed E-state index contributed by atoms with van der Waals surface area (Å²) in [6.07, 6.45) is 0. The number of esters is 1. The van der Waals surface area contributed by atoms with Gasteiger partial charge in [-0.2, -0.15) is 0 Å². The molecule has 2 aliphatic heterocycles. The molecular weight excluding hydrogens is 595 g/mol. The van der Waals surface area contributed by atoms with E-state index < -0.39 is 29.0 Å². The van der Waals surface area contributed by atoms with Crippen molar-refractivity contribution in [2.75, 3.05) is 16.8 Å². The van der Waals surface area contributed by atoms with Gasteiger partial charge in [0, 0.05) is 21.4 Å². The zero-order valence-corrected chi connectivity index (χ0v) is 25.0. The number of hydrogen-bond acceptors (Lipinski definition) is 9. The van der Waals surface area contributed by atoms with E-state index in [9.17, 15) is 24.0 Å². The van der Waals surface area contributed by atoms with Crippen molar-refractivity contribution in [2.45, 2.75) is 36.6 Å². The molecule has 0 bridgehead atoms. The van der Waals surface area contributed by atoms with E-state index in [2.05, 4.69) is 5.32 Å². The molecule has 12 heteroatoms. The van der Waals surface area contributed by atoms with E-state index in [0.29, 0.717) is 26.8 Å². The zero-order valence-electron chi connectivity index (χ0n) is 22.6. The average Bonchev–Trinajstić information content (AvgIpc) is 3.67. The second-order valence-electron chi connectivity index (χ2n) is 9.87. The van der Waals surface area contributed by atoms with Crippen LogP contribution in [0.15, 0.2) is 75.9 Å². The molecule has 2 aromatic heterocycles. The number of nitrogens with zero attached hydrogens (tertiary/aromatic N) is 2. The number of aryl methyl sites for hydroxylation is 1. The van der Waals surface area contributed by atoms with E-state index in [1.54, 1.807) is 43.3 Å². The highest BCUT2D eigenvalue weighted by Crippen LogP contribution is 2.54. The van der Waals surface area contributed by atoms with E-state index in [0.717, 1.165) is 21.8 Å². The van der Waals surface area contributed by atoms with E-state index >= 15 is 0 Å². The minimum Gasteiger partial charge on any atom is -0.462 e. The molecule has 0 saturated carbocycles. The van der Waals surface area contributed by atoms with Gasteiger partial charge >= 0.3 is 10.8 Å². The van der Waals surface area contributed by atoms with Gasteiger partial charge in [-0.15, -0.1) is 11.3 Å². The van der Waals surface area contributed by atoms with E-state index in [-0.39, 0.29) is 29.8 Å². The molecule has 1 saturated heterocycles. The molecule has 6 rings (SSSR count). The van der Waals surface area contributed by atoms with Crippen LogP contribution in [-0.2, 0) is 25.7 Å². The highest BCUT2D eigenvalue weighted by molar-refractivity contribution is 8.00. The van der Waals surface area contributed by atoms with Crippen LogP contribution in [0.2, 0.25) is 0 Å². The van der Waals surface area contributed by atoms with Crippen molar-refractivity contribution >= 4 is 69.5 Å². The summed E-state index contributed by atoms with van der Waals surface area (Å²) in [5, 5.41) is 4.46. The van der Waals surface area contributed by atoms with Crippen LogP contribution in [0, 0.1) is 12.8 Å². The predicted molar refractivity (Wildman–Crippen MR) is 163 cm³/mol. The highest BCUT2D eigenvalue weighted by Gasteiger charge is 2.57. The number of fused-ring (bicyclic) bond motifs is 2. The molecule has 4 heterocycles. The number of ether oxygens (including phenoxy) is 1. The maximum Gasteiger partial charge on any atom is 0.338 e. The SMILES string of the molecule is CCOC(=O)c1ccc(NC(=O)Cn2c3c(sc2=O)[C@@H](c2cccs2)C2C(=O)N(c4ccc(C)cc4)C(=O)C2S3)cc1. The fourth-order valence-corrected chi connectivity index (χ4v) is 8.95. The molecule has 3 atom stereocenters. The number of benzene rings is 2. The topological polar surface area (TPSA) is 115 Å². The van der Waals surface area contributed by atoms with Crippen LogP contribution in [0.1, 0.15) is 38.5 Å². The van der Waals surface area contributed by atoms with Crippen molar-refractivity contribution in [1.29, 1.82) is 0 Å². The van der Waals surface area contributed by atoms with Gasteiger partial charge in [0.15, 0.2) is 0 Å². The molecule has 4 aromatic rings. The van der Waals surface area contributed by atoms with E-state index in [1.165, 1.54) is 32.6 Å². The van der Waals surface area contributed by atoms with Gasteiger partial charge in [0.25, 0.3) is 0 Å². The van der Waals surface area contributed by atoms with Crippen LogP contribution in [0.25, 0.3) is 0 Å². The predicted octanol–water partition coefficient (Wildman–Crippen LogP) is 4.89. The minimum absolute atomic E-state index is 0.258. The molecule has 1 fully saturated rings. The summed E-state index contributed by atoms with van der Waals surface area (Å²) in [6.45, 7) is 3.65. The van der Waals surface area contributed by atoms with Crippen molar-refractivity contribution in [3.8, 4) is 0 Å². The van der Waals surface area contributed by atoms with Gasteiger partial charge in [0.2, 0.25) is 17.7 Å². The number of thiazole rings is 1. The Morgan fingerprint density at radius 1 is 0.976 bits per heavy atom. The molecular formula is C30H25N3O6S3. The molecule has 1 N–H and O–H groups in total. The van der Waals surface area contributed by atoms with Crippen LogP contribution in [0.3, 0.4) is 0 Å². The zero-order chi connectivity index (χ0) is 29.5. The lowest BCUT2D eigenvalue weighted by Crippen LogP contribution is -2.32. The van der Waals surface area contributed by atoms with Gasteiger partial charge in [-0.3, -0.25) is 23.7 Å². The molecule has 2 aromatic carbocycles. The second-order valence-corrected chi connectivity index (χ2v) is 13.0. The Hall–Kier alpha value is -4.00. The van der Waals surface area contributed by atoms with Crippen molar-refractivity contribution in [2.24, 2.45) is 5.92 Å². The number of thiophene rings is 1. The first-order valence-electron chi connectivity index (χ1n) is 13.2. The molecule has 2 unspecified atom stereocenters. The lowest BCUT2D eigenvalue weighted by molar-refractivity contribution is -0.122. The first kappa shape index (κ1) is 28.1. The number of nitrogens with one attached hydrogen (secondary N) is 1. The standard InChI is InChI=1S/C30H25N3O6S3/c1-3-39-29(37)17-8-10-18(11-9-17)31-21(34)15-32-28-25(42-30(32)38)22(20-5-4-14-40-20)23-24(41-28)27(36)33(26(23)35)19-12-6-16(2)7-13-19/h4-14,22-24H,3,15H2,1-2H3,(H,31,34)/t22-,23?,24?/m0/s1. The van der Waals surface area contributed by atoms with Gasteiger partial charge in [0.05, 0.1) is 28.8 Å². The summed E-state index contributed by atoms with van der Waals surface area (Å²) < 4.78 is 6.37. The first-order chi connectivity index (χ1) is 20.3.